The second-order valence-electron chi connectivity index (χ2n) is 4.83. The van der Waals surface area contributed by atoms with E-state index in [0.717, 1.165) is 5.56 Å². The van der Waals surface area contributed by atoms with Gasteiger partial charge in [0.1, 0.15) is 5.25 Å². The summed E-state index contributed by atoms with van der Waals surface area (Å²) < 4.78 is 30.2. The highest BCUT2D eigenvalue weighted by atomic mass is 32.2. The molecule has 1 aromatic carbocycles. The first-order valence-corrected chi connectivity index (χ1v) is 7.75. The molecule has 0 bridgehead atoms. The zero-order valence-corrected chi connectivity index (χ0v) is 11.7. The maximum Gasteiger partial charge on any atom is 0.221 e. The van der Waals surface area contributed by atoms with Crippen molar-refractivity contribution in [1.82, 2.24) is 4.31 Å². The molecule has 1 saturated heterocycles. The van der Waals surface area contributed by atoms with Gasteiger partial charge in [-0.3, -0.25) is 0 Å². The number of aliphatic hydroxyl groups is 1. The number of sulfonamides is 1. The van der Waals surface area contributed by atoms with Gasteiger partial charge in [0, 0.05) is 13.6 Å². The van der Waals surface area contributed by atoms with E-state index in [1.54, 1.807) is 0 Å². The van der Waals surface area contributed by atoms with E-state index in [1.807, 2.05) is 30.3 Å². The van der Waals surface area contributed by atoms with Gasteiger partial charge in [0.15, 0.2) is 0 Å². The molecule has 1 aliphatic rings. The number of benzene rings is 1. The number of ether oxygens (including phenoxy) is 1. The fraction of sp³-hybridized carbons (Fsp3) is 0.538. The average Bonchev–Trinajstić information content (AvgIpc) is 2.26. The molecule has 1 fully saturated rings. The summed E-state index contributed by atoms with van der Waals surface area (Å²) in [5.41, 5.74) is 0.993. The van der Waals surface area contributed by atoms with Crippen molar-refractivity contribution in [1.29, 1.82) is 0 Å². The standard InChI is InChI=1S/C13H19NO4S/c1-14(19(16,17)13-9-18-10-13)8-12(15)7-11-5-3-2-4-6-11/h2-6,12-13,15H,7-10H2,1H3/t12-/m0/s1. The van der Waals surface area contributed by atoms with Crippen molar-refractivity contribution in [3.05, 3.63) is 35.9 Å². The highest BCUT2D eigenvalue weighted by Crippen LogP contribution is 2.16. The zero-order valence-electron chi connectivity index (χ0n) is 10.9. The van der Waals surface area contributed by atoms with Crippen LogP contribution in [0.15, 0.2) is 30.3 Å². The molecule has 0 radical (unpaired) electrons. The van der Waals surface area contributed by atoms with Crippen molar-refractivity contribution in [2.24, 2.45) is 0 Å². The molecular weight excluding hydrogens is 266 g/mol. The lowest BCUT2D eigenvalue weighted by Gasteiger charge is -2.30. The molecule has 0 aliphatic carbocycles. The predicted molar refractivity (Wildman–Crippen MR) is 72.3 cm³/mol. The van der Waals surface area contributed by atoms with Crippen LogP contribution in [0.3, 0.4) is 0 Å². The third-order valence-corrected chi connectivity index (χ3v) is 5.38. The Morgan fingerprint density at radius 1 is 1.37 bits per heavy atom. The first-order valence-electron chi connectivity index (χ1n) is 6.25. The third-order valence-electron chi connectivity index (χ3n) is 3.25. The van der Waals surface area contributed by atoms with Gasteiger partial charge < -0.3 is 9.84 Å². The molecule has 0 saturated carbocycles. The Hall–Kier alpha value is -0.950. The molecule has 19 heavy (non-hydrogen) atoms. The Morgan fingerprint density at radius 3 is 2.53 bits per heavy atom. The molecule has 1 heterocycles. The van der Waals surface area contributed by atoms with Gasteiger partial charge >= 0.3 is 0 Å². The second kappa shape index (κ2) is 6.00. The normalized spacial score (nSPS) is 18.3. The Labute approximate surface area is 113 Å². The number of likely N-dealkylation sites (N-methyl/N-ethyl adjacent to an activating group) is 1. The van der Waals surface area contributed by atoms with Crippen LogP contribution >= 0.6 is 0 Å². The number of hydrogen-bond donors (Lipinski definition) is 1. The van der Waals surface area contributed by atoms with E-state index in [2.05, 4.69) is 0 Å². The number of hydrogen-bond acceptors (Lipinski definition) is 4. The van der Waals surface area contributed by atoms with Gasteiger partial charge in [-0.25, -0.2) is 12.7 Å². The summed E-state index contributed by atoms with van der Waals surface area (Å²) in [5, 5.41) is 9.51. The molecule has 0 amide bonds. The highest BCUT2D eigenvalue weighted by Gasteiger charge is 2.36. The molecule has 0 spiro atoms. The molecule has 1 aliphatic heterocycles. The minimum absolute atomic E-state index is 0.105. The number of rotatable bonds is 6. The fourth-order valence-electron chi connectivity index (χ4n) is 1.99. The van der Waals surface area contributed by atoms with Crippen molar-refractivity contribution in [3.8, 4) is 0 Å². The van der Waals surface area contributed by atoms with Gasteiger partial charge in [-0.2, -0.15) is 0 Å². The maximum absolute atomic E-state index is 12.0. The molecule has 2 rings (SSSR count). The molecule has 5 nitrogen and oxygen atoms in total. The summed E-state index contributed by atoms with van der Waals surface area (Å²) in [4.78, 5) is 0. The summed E-state index contributed by atoms with van der Waals surface area (Å²) in [6, 6.07) is 9.53. The lowest BCUT2D eigenvalue weighted by atomic mass is 10.1. The van der Waals surface area contributed by atoms with Crippen LogP contribution in [0.25, 0.3) is 0 Å². The van der Waals surface area contributed by atoms with Crippen LogP contribution in [0.4, 0.5) is 0 Å². The SMILES string of the molecule is CN(C[C@@H](O)Cc1ccccc1)S(=O)(=O)C1COC1. The van der Waals surface area contributed by atoms with E-state index in [0.29, 0.717) is 6.42 Å². The summed E-state index contributed by atoms with van der Waals surface area (Å²) >= 11 is 0. The van der Waals surface area contributed by atoms with Crippen molar-refractivity contribution in [2.45, 2.75) is 17.8 Å². The van der Waals surface area contributed by atoms with Crippen molar-refractivity contribution >= 4 is 10.0 Å². The van der Waals surface area contributed by atoms with Gasteiger partial charge in [0.2, 0.25) is 10.0 Å². The lowest BCUT2D eigenvalue weighted by molar-refractivity contribution is 0.0387. The zero-order chi connectivity index (χ0) is 13.9. The van der Waals surface area contributed by atoms with Gasteiger partial charge in [0.05, 0.1) is 19.3 Å². The second-order valence-corrected chi connectivity index (χ2v) is 7.15. The van der Waals surface area contributed by atoms with Crippen LogP contribution in [0.2, 0.25) is 0 Å². The Bertz CT molecular complexity index is 499. The molecule has 106 valence electrons. The minimum Gasteiger partial charge on any atom is -0.391 e. The van der Waals surface area contributed by atoms with Crippen molar-refractivity contribution in [3.63, 3.8) is 0 Å². The molecule has 0 aromatic heterocycles. The lowest BCUT2D eigenvalue weighted by Crippen LogP contribution is -2.49. The van der Waals surface area contributed by atoms with Gasteiger partial charge in [0.25, 0.3) is 0 Å². The average molecular weight is 285 g/mol. The van der Waals surface area contributed by atoms with Crippen LogP contribution in [-0.4, -0.2) is 56.0 Å². The Balaban J connectivity index is 1.89. The van der Waals surface area contributed by atoms with E-state index in [4.69, 9.17) is 4.74 Å². The number of nitrogens with zero attached hydrogens (tertiary/aromatic N) is 1. The van der Waals surface area contributed by atoms with Crippen LogP contribution in [-0.2, 0) is 21.2 Å². The Kier molecular flexibility index (Phi) is 4.57. The predicted octanol–water partition coefficient (Wildman–Crippen LogP) is 0.250. The first kappa shape index (κ1) is 14.5. The Morgan fingerprint density at radius 2 is 2.00 bits per heavy atom. The quantitative estimate of drug-likeness (QED) is 0.813. The smallest absolute Gasteiger partial charge is 0.221 e. The van der Waals surface area contributed by atoms with E-state index in [9.17, 15) is 13.5 Å². The van der Waals surface area contributed by atoms with E-state index in [-0.39, 0.29) is 19.8 Å². The maximum atomic E-state index is 12.0. The van der Waals surface area contributed by atoms with E-state index >= 15 is 0 Å². The third kappa shape index (κ3) is 3.54. The van der Waals surface area contributed by atoms with Gasteiger partial charge in [-0.05, 0) is 12.0 Å². The van der Waals surface area contributed by atoms with Crippen LogP contribution in [0.5, 0.6) is 0 Å². The molecule has 6 heteroatoms. The van der Waals surface area contributed by atoms with Crippen LogP contribution in [0, 0.1) is 0 Å². The van der Waals surface area contributed by atoms with Crippen molar-refractivity contribution < 1.29 is 18.3 Å². The largest absolute Gasteiger partial charge is 0.391 e. The first-order chi connectivity index (χ1) is 9.00. The summed E-state index contributed by atoms with van der Waals surface area (Å²) in [7, 11) is -1.84. The summed E-state index contributed by atoms with van der Waals surface area (Å²) in [6.45, 7) is 0.608. The summed E-state index contributed by atoms with van der Waals surface area (Å²) in [6.07, 6.45) is -0.259. The van der Waals surface area contributed by atoms with Crippen LogP contribution in [0.1, 0.15) is 5.56 Å². The minimum atomic E-state index is -3.34. The monoisotopic (exact) mass is 285 g/mol. The van der Waals surface area contributed by atoms with E-state index < -0.39 is 21.4 Å². The topological polar surface area (TPSA) is 66.8 Å². The summed E-state index contributed by atoms with van der Waals surface area (Å²) in [5.74, 6) is 0. The van der Waals surface area contributed by atoms with E-state index in [1.165, 1.54) is 11.4 Å². The van der Waals surface area contributed by atoms with Gasteiger partial charge in [-0.15, -0.1) is 0 Å². The molecule has 1 aromatic rings. The van der Waals surface area contributed by atoms with Crippen molar-refractivity contribution in [2.75, 3.05) is 26.8 Å². The molecular formula is C13H19NO4S. The highest BCUT2D eigenvalue weighted by molar-refractivity contribution is 7.89. The van der Waals surface area contributed by atoms with Crippen LogP contribution < -0.4 is 0 Å². The molecule has 1 N–H and O–H groups in total. The fourth-order valence-corrected chi connectivity index (χ4v) is 3.42. The van der Waals surface area contributed by atoms with Gasteiger partial charge in [-0.1, -0.05) is 30.3 Å². The molecule has 0 unspecified atom stereocenters. The number of aliphatic hydroxyl groups excluding tert-OH is 1. The molecule has 1 atom stereocenters.